The number of ether oxygens (including phenoxy) is 2. The summed E-state index contributed by atoms with van der Waals surface area (Å²) in [5.41, 5.74) is 3.52. The number of carbonyl (C=O) groups is 1. The molecule has 0 aliphatic carbocycles. The molecule has 0 heterocycles. The van der Waals surface area contributed by atoms with Crippen LogP contribution in [0.5, 0.6) is 0 Å². The van der Waals surface area contributed by atoms with Crippen molar-refractivity contribution in [2.75, 3.05) is 13.7 Å². The fourth-order valence-electron chi connectivity index (χ4n) is 3.41. The summed E-state index contributed by atoms with van der Waals surface area (Å²) in [6.07, 6.45) is 0.283. The van der Waals surface area contributed by atoms with E-state index in [0.29, 0.717) is 13.2 Å². The maximum absolute atomic E-state index is 12.2. The lowest BCUT2D eigenvalue weighted by Gasteiger charge is -2.31. The van der Waals surface area contributed by atoms with Gasteiger partial charge in [-0.15, -0.1) is 0 Å². The van der Waals surface area contributed by atoms with Crippen molar-refractivity contribution in [1.29, 1.82) is 0 Å². The minimum absolute atomic E-state index is 0.0958. The highest BCUT2D eigenvalue weighted by Gasteiger charge is 2.23. The second-order valence-corrected chi connectivity index (χ2v) is 7.31. The molecule has 0 bridgehead atoms. The smallest absolute Gasteiger partial charge is 0.307 e. The van der Waals surface area contributed by atoms with Gasteiger partial charge in [-0.05, 0) is 16.7 Å². The van der Waals surface area contributed by atoms with Crippen molar-refractivity contribution in [1.82, 2.24) is 4.90 Å². The van der Waals surface area contributed by atoms with Crippen molar-refractivity contribution >= 4 is 5.97 Å². The second kappa shape index (κ2) is 11.9. The van der Waals surface area contributed by atoms with Gasteiger partial charge in [0.15, 0.2) is 0 Å². The highest BCUT2D eigenvalue weighted by Crippen LogP contribution is 2.17. The molecule has 3 rings (SSSR count). The van der Waals surface area contributed by atoms with Crippen molar-refractivity contribution in [3.8, 4) is 0 Å². The van der Waals surface area contributed by atoms with Crippen molar-refractivity contribution in [3.05, 3.63) is 108 Å². The molecule has 1 atom stereocenters. The van der Waals surface area contributed by atoms with Gasteiger partial charge in [0.05, 0.1) is 26.7 Å². The van der Waals surface area contributed by atoms with Gasteiger partial charge in [-0.1, -0.05) is 91.0 Å². The molecule has 0 N–H and O–H groups in total. The number of hydrogen-bond donors (Lipinski definition) is 0. The van der Waals surface area contributed by atoms with Crippen LogP contribution in [-0.4, -0.2) is 30.6 Å². The highest BCUT2D eigenvalue weighted by molar-refractivity contribution is 5.69. The van der Waals surface area contributed by atoms with E-state index in [4.69, 9.17) is 9.47 Å². The SMILES string of the molecule is COC(=O)C[C@H](COCc1ccccc1)N(Cc1ccccc1)Cc1ccccc1. The lowest BCUT2D eigenvalue weighted by molar-refractivity contribution is -0.143. The van der Waals surface area contributed by atoms with E-state index in [-0.39, 0.29) is 18.4 Å². The summed E-state index contributed by atoms with van der Waals surface area (Å²) in [6, 6.07) is 30.6. The molecule has 0 fully saturated rings. The summed E-state index contributed by atoms with van der Waals surface area (Å²) in [6.45, 7) is 2.42. The number of carbonyl (C=O) groups excluding carboxylic acids is 1. The predicted octanol–water partition coefficient (Wildman–Crippen LogP) is 4.84. The molecular weight excluding hydrogens is 374 g/mol. The molecule has 0 unspecified atom stereocenters. The van der Waals surface area contributed by atoms with Gasteiger partial charge in [-0.2, -0.15) is 0 Å². The van der Waals surface area contributed by atoms with Crippen LogP contribution in [0.1, 0.15) is 23.1 Å². The number of methoxy groups -OCH3 is 1. The molecule has 0 spiro atoms. The first-order valence-corrected chi connectivity index (χ1v) is 10.2. The van der Waals surface area contributed by atoms with Crippen molar-refractivity contribution in [3.63, 3.8) is 0 Å². The third kappa shape index (κ3) is 7.14. The number of nitrogens with zero attached hydrogens (tertiary/aromatic N) is 1. The minimum Gasteiger partial charge on any atom is -0.469 e. The second-order valence-electron chi connectivity index (χ2n) is 7.31. The topological polar surface area (TPSA) is 38.8 Å². The third-order valence-electron chi connectivity index (χ3n) is 5.03. The van der Waals surface area contributed by atoms with Crippen molar-refractivity contribution in [2.24, 2.45) is 0 Å². The van der Waals surface area contributed by atoms with E-state index in [9.17, 15) is 4.79 Å². The first kappa shape index (κ1) is 21.8. The Kier molecular flexibility index (Phi) is 8.63. The van der Waals surface area contributed by atoms with Crippen LogP contribution < -0.4 is 0 Å². The Labute approximate surface area is 179 Å². The largest absolute Gasteiger partial charge is 0.469 e. The van der Waals surface area contributed by atoms with E-state index in [1.54, 1.807) is 0 Å². The summed E-state index contributed by atoms with van der Waals surface area (Å²) in [5.74, 6) is -0.227. The maximum Gasteiger partial charge on any atom is 0.307 e. The maximum atomic E-state index is 12.2. The molecule has 156 valence electrons. The van der Waals surface area contributed by atoms with Crippen LogP contribution in [0.15, 0.2) is 91.0 Å². The Morgan fingerprint density at radius 3 is 1.70 bits per heavy atom. The lowest BCUT2D eigenvalue weighted by Crippen LogP contribution is -2.39. The Hall–Kier alpha value is -2.95. The van der Waals surface area contributed by atoms with Crippen LogP contribution in [0.25, 0.3) is 0 Å². The monoisotopic (exact) mass is 403 g/mol. The van der Waals surface area contributed by atoms with Crippen LogP contribution in [0.2, 0.25) is 0 Å². The first-order valence-electron chi connectivity index (χ1n) is 10.2. The van der Waals surface area contributed by atoms with Gasteiger partial charge in [0, 0.05) is 19.1 Å². The fraction of sp³-hybridized carbons (Fsp3) is 0.269. The van der Waals surface area contributed by atoms with Gasteiger partial charge >= 0.3 is 5.97 Å². The average molecular weight is 404 g/mol. The van der Waals surface area contributed by atoms with Crippen LogP contribution in [0.3, 0.4) is 0 Å². The van der Waals surface area contributed by atoms with E-state index in [0.717, 1.165) is 18.7 Å². The molecule has 0 aromatic heterocycles. The third-order valence-corrected chi connectivity index (χ3v) is 5.03. The predicted molar refractivity (Wildman–Crippen MR) is 119 cm³/mol. The summed E-state index contributed by atoms with van der Waals surface area (Å²) < 4.78 is 11.0. The zero-order chi connectivity index (χ0) is 21.0. The van der Waals surface area contributed by atoms with Crippen LogP contribution >= 0.6 is 0 Å². The molecule has 0 radical (unpaired) electrons. The van der Waals surface area contributed by atoms with Gasteiger partial charge in [0.25, 0.3) is 0 Å². The average Bonchev–Trinajstić information content (AvgIpc) is 2.80. The molecule has 0 saturated carbocycles. The zero-order valence-corrected chi connectivity index (χ0v) is 17.4. The van der Waals surface area contributed by atoms with E-state index in [1.165, 1.54) is 18.2 Å². The minimum atomic E-state index is -0.227. The first-order chi connectivity index (χ1) is 14.7. The van der Waals surface area contributed by atoms with Crippen LogP contribution in [0.4, 0.5) is 0 Å². The standard InChI is InChI=1S/C26H29NO3/c1-29-26(28)17-25(21-30-20-24-15-9-4-10-16-24)27(18-22-11-5-2-6-12-22)19-23-13-7-3-8-14-23/h2-16,25H,17-21H2,1H3/t25-/m1/s1. The molecular formula is C26H29NO3. The molecule has 4 heteroatoms. The van der Waals surface area contributed by atoms with Gasteiger partial charge < -0.3 is 9.47 Å². The van der Waals surface area contributed by atoms with Crippen LogP contribution in [0, 0.1) is 0 Å². The molecule has 3 aromatic rings. The Morgan fingerprint density at radius 1 is 0.767 bits per heavy atom. The summed E-state index contributed by atoms with van der Waals surface area (Å²) in [4.78, 5) is 14.5. The summed E-state index contributed by atoms with van der Waals surface area (Å²) in [5, 5.41) is 0. The van der Waals surface area contributed by atoms with Crippen molar-refractivity contribution in [2.45, 2.75) is 32.2 Å². The zero-order valence-electron chi connectivity index (χ0n) is 17.4. The Morgan fingerprint density at radius 2 is 1.23 bits per heavy atom. The Bertz CT molecular complexity index is 827. The quantitative estimate of drug-likeness (QED) is 0.430. The number of rotatable bonds is 11. The van der Waals surface area contributed by atoms with E-state index in [1.807, 2.05) is 66.7 Å². The molecule has 4 nitrogen and oxygen atoms in total. The molecule has 0 aliphatic rings. The highest BCUT2D eigenvalue weighted by atomic mass is 16.5. The lowest BCUT2D eigenvalue weighted by atomic mass is 10.1. The van der Waals surface area contributed by atoms with Gasteiger partial charge in [-0.3, -0.25) is 9.69 Å². The molecule has 0 aliphatic heterocycles. The van der Waals surface area contributed by atoms with E-state index in [2.05, 4.69) is 29.2 Å². The normalized spacial score (nSPS) is 11.9. The Balaban J connectivity index is 1.75. The summed E-state index contributed by atoms with van der Waals surface area (Å²) >= 11 is 0. The van der Waals surface area contributed by atoms with Gasteiger partial charge in [0.1, 0.15) is 0 Å². The molecule has 0 saturated heterocycles. The molecule has 30 heavy (non-hydrogen) atoms. The van der Waals surface area contributed by atoms with E-state index < -0.39 is 0 Å². The van der Waals surface area contributed by atoms with E-state index >= 15 is 0 Å². The molecule has 3 aromatic carbocycles. The van der Waals surface area contributed by atoms with Gasteiger partial charge in [-0.25, -0.2) is 0 Å². The van der Waals surface area contributed by atoms with Crippen molar-refractivity contribution < 1.29 is 14.3 Å². The number of hydrogen-bond acceptors (Lipinski definition) is 4. The number of benzene rings is 3. The number of esters is 1. The summed E-state index contributed by atoms with van der Waals surface area (Å²) in [7, 11) is 1.43. The molecule has 0 amide bonds. The van der Waals surface area contributed by atoms with Crippen LogP contribution in [-0.2, 0) is 34.0 Å². The van der Waals surface area contributed by atoms with Gasteiger partial charge in [0.2, 0.25) is 0 Å². The fourth-order valence-corrected chi connectivity index (χ4v) is 3.41.